The van der Waals surface area contributed by atoms with Gasteiger partial charge in [-0.2, -0.15) is 0 Å². The van der Waals surface area contributed by atoms with Crippen LogP contribution in [0.1, 0.15) is 61.1 Å². The van der Waals surface area contributed by atoms with E-state index in [0.29, 0.717) is 11.6 Å². The van der Waals surface area contributed by atoms with Crippen LogP contribution in [0.15, 0.2) is 18.2 Å². The Bertz CT molecular complexity index is 636. The molecule has 0 bridgehead atoms. The third kappa shape index (κ3) is 2.14. The Kier molecular flexibility index (Phi) is 3.40. The van der Waals surface area contributed by atoms with E-state index in [0.717, 1.165) is 16.5 Å². The molecule has 3 nitrogen and oxygen atoms in total. The van der Waals surface area contributed by atoms with Gasteiger partial charge in [-0.15, -0.1) is 0 Å². The molecule has 0 aliphatic rings. The van der Waals surface area contributed by atoms with Crippen molar-refractivity contribution in [3.63, 3.8) is 0 Å². The van der Waals surface area contributed by atoms with E-state index in [9.17, 15) is 9.90 Å². The molecule has 1 aromatic carbocycles. The Balaban J connectivity index is 2.86. The standard InChI is InChI=1S/C16H21NO2/c1-9(2)11-6-7-13-12(8-11)14(10(3)4)15(16(18)19)17(13)5/h6-10H,1-5H3,(H,18,19). The molecule has 2 rings (SSSR count). The smallest absolute Gasteiger partial charge is 0.352 e. The van der Waals surface area contributed by atoms with Gasteiger partial charge < -0.3 is 9.67 Å². The molecule has 3 heteroatoms. The molecule has 0 saturated carbocycles. The summed E-state index contributed by atoms with van der Waals surface area (Å²) in [7, 11) is 1.83. The van der Waals surface area contributed by atoms with Crippen molar-refractivity contribution in [1.82, 2.24) is 4.57 Å². The highest BCUT2D eigenvalue weighted by Gasteiger charge is 2.22. The molecule has 2 aromatic rings. The van der Waals surface area contributed by atoms with Crippen molar-refractivity contribution in [2.75, 3.05) is 0 Å². The average Bonchev–Trinajstić information content (AvgIpc) is 2.62. The summed E-state index contributed by atoms with van der Waals surface area (Å²) < 4.78 is 1.79. The summed E-state index contributed by atoms with van der Waals surface area (Å²) in [6, 6.07) is 6.26. The number of benzene rings is 1. The maximum Gasteiger partial charge on any atom is 0.352 e. The summed E-state index contributed by atoms with van der Waals surface area (Å²) in [6.45, 7) is 8.39. The fourth-order valence-corrected chi connectivity index (χ4v) is 2.69. The van der Waals surface area contributed by atoms with Crippen LogP contribution >= 0.6 is 0 Å². The zero-order chi connectivity index (χ0) is 14.3. The van der Waals surface area contributed by atoms with Crippen LogP contribution in [0.25, 0.3) is 10.9 Å². The van der Waals surface area contributed by atoms with E-state index in [-0.39, 0.29) is 5.92 Å². The molecular formula is C16H21NO2. The van der Waals surface area contributed by atoms with Crippen LogP contribution in [-0.2, 0) is 7.05 Å². The molecule has 0 unspecified atom stereocenters. The Labute approximate surface area is 113 Å². The number of hydrogen-bond acceptors (Lipinski definition) is 1. The van der Waals surface area contributed by atoms with Gasteiger partial charge in [0, 0.05) is 18.0 Å². The number of hydrogen-bond donors (Lipinski definition) is 1. The van der Waals surface area contributed by atoms with Gasteiger partial charge in [-0.3, -0.25) is 0 Å². The van der Waals surface area contributed by atoms with E-state index >= 15 is 0 Å². The lowest BCUT2D eigenvalue weighted by atomic mass is 9.95. The van der Waals surface area contributed by atoms with Gasteiger partial charge in [0.2, 0.25) is 0 Å². The third-order valence-electron chi connectivity index (χ3n) is 3.71. The van der Waals surface area contributed by atoms with Crippen molar-refractivity contribution in [3.05, 3.63) is 35.0 Å². The molecular weight excluding hydrogens is 238 g/mol. The molecule has 0 spiro atoms. The Hall–Kier alpha value is -1.77. The summed E-state index contributed by atoms with van der Waals surface area (Å²) in [5.74, 6) is -0.219. The minimum absolute atomic E-state index is 0.192. The predicted molar refractivity (Wildman–Crippen MR) is 78.1 cm³/mol. The number of rotatable bonds is 3. The molecule has 0 saturated heterocycles. The number of nitrogens with zero attached hydrogens (tertiary/aromatic N) is 1. The molecule has 0 atom stereocenters. The summed E-state index contributed by atoms with van der Waals surface area (Å²) in [5, 5.41) is 10.5. The van der Waals surface area contributed by atoms with Crippen LogP contribution in [-0.4, -0.2) is 15.6 Å². The van der Waals surface area contributed by atoms with E-state index in [2.05, 4.69) is 26.0 Å². The van der Waals surface area contributed by atoms with Gasteiger partial charge in [0.25, 0.3) is 0 Å². The number of fused-ring (bicyclic) bond motifs is 1. The van der Waals surface area contributed by atoms with Crippen molar-refractivity contribution in [2.45, 2.75) is 39.5 Å². The molecule has 0 amide bonds. The first-order valence-electron chi connectivity index (χ1n) is 6.70. The number of carboxylic acids is 1. The SMILES string of the molecule is CC(C)c1ccc2c(c1)c(C(C)C)c(C(=O)O)n2C. The van der Waals surface area contributed by atoms with Crippen LogP contribution in [0.5, 0.6) is 0 Å². The van der Waals surface area contributed by atoms with Crippen molar-refractivity contribution in [3.8, 4) is 0 Å². The van der Waals surface area contributed by atoms with Gasteiger partial charge >= 0.3 is 5.97 Å². The fraction of sp³-hybridized carbons (Fsp3) is 0.438. The minimum atomic E-state index is -0.853. The highest BCUT2D eigenvalue weighted by molar-refractivity contribution is 5.98. The Morgan fingerprint density at radius 2 is 1.79 bits per heavy atom. The Morgan fingerprint density at radius 3 is 2.26 bits per heavy atom. The van der Waals surface area contributed by atoms with E-state index in [1.54, 1.807) is 4.57 Å². The zero-order valence-electron chi connectivity index (χ0n) is 12.2. The molecule has 102 valence electrons. The second-order valence-electron chi connectivity index (χ2n) is 5.71. The highest BCUT2D eigenvalue weighted by Crippen LogP contribution is 2.33. The first-order valence-corrected chi connectivity index (χ1v) is 6.70. The van der Waals surface area contributed by atoms with Gasteiger partial charge in [0.1, 0.15) is 5.69 Å². The van der Waals surface area contributed by atoms with Gasteiger partial charge in [0.15, 0.2) is 0 Å². The van der Waals surface area contributed by atoms with E-state index < -0.39 is 5.97 Å². The Morgan fingerprint density at radius 1 is 1.16 bits per heavy atom. The van der Waals surface area contributed by atoms with E-state index in [4.69, 9.17) is 0 Å². The van der Waals surface area contributed by atoms with Crippen molar-refractivity contribution in [1.29, 1.82) is 0 Å². The fourth-order valence-electron chi connectivity index (χ4n) is 2.69. The highest BCUT2D eigenvalue weighted by atomic mass is 16.4. The normalized spacial score (nSPS) is 11.7. The minimum Gasteiger partial charge on any atom is -0.477 e. The monoisotopic (exact) mass is 259 g/mol. The molecule has 0 radical (unpaired) electrons. The third-order valence-corrected chi connectivity index (χ3v) is 3.71. The van der Waals surface area contributed by atoms with Crippen molar-refractivity contribution >= 4 is 16.9 Å². The predicted octanol–water partition coefficient (Wildman–Crippen LogP) is 4.12. The van der Waals surface area contributed by atoms with Gasteiger partial charge in [0.05, 0.1) is 0 Å². The van der Waals surface area contributed by atoms with Gasteiger partial charge in [-0.25, -0.2) is 4.79 Å². The maximum atomic E-state index is 11.5. The molecule has 0 aliphatic carbocycles. The average molecular weight is 259 g/mol. The van der Waals surface area contributed by atoms with Crippen molar-refractivity contribution < 1.29 is 9.90 Å². The lowest BCUT2D eigenvalue weighted by Crippen LogP contribution is -2.08. The summed E-state index contributed by atoms with van der Waals surface area (Å²) >= 11 is 0. The molecule has 1 heterocycles. The number of carboxylic acid groups (broad SMARTS) is 1. The quantitative estimate of drug-likeness (QED) is 0.900. The molecule has 0 aliphatic heterocycles. The summed E-state index contributed by atoms with van der Waals surface area (Å²) in [5.41, 5.74) is 3.58. The lowest BCUT2D eigenvalue weighted by Gasteiger charge is -2.08. The van der Waals surface area contributed by atoms with Gasteiger partial charge in [-0.05, 0) is 35.1 Å². The van der Waals surface area contributed by atoms with Crippen LogP contribution in [0.3, 0.4) is 0 Å². The van der Waals surface area contributed by atoms with Gasteiger partial charge in [-0.1, -0.05) is 33.8 Å². The number of aryl methyl sites for hydroxylation is 1. The zero-order valence-corrected chi connectivity index (χ0v) is 12.2. The second kappa shape index (κ2) is 4.72. The number of carbonyl (C=O) groups is 1. The van der Waals surface area contributed by atoms with E-state index in [1.807, 2.05) is 27.0 Å². The first-order chi connectivity index (χ1) is 8.84. The first kappa shape index (κ1) is 13.7. The van der Waals surface area contributed by atoms with Crippen LogP contribution in [0, 0.1) is 0 Å². The lowest BCUT2D eigenvalue weighted by molar-refractivity contribution is 0.0685. The number of aromatic nitrogens is 1. The summed E-state index contributed by atoms with van der Waals surface area (Å²) in [4.78, 5) is 11.5. The largest absolute Gasteiger partial charge is 0.477 e. The molecule has 0 fully saturated rings. The topological polar surface area (TPSA) is 42.2 Å². The molecule has 1 aromatic heterocycles. The maximum absolute atomic E-state index is 11.5. The number of aromatic carboxylic acids is 1. The van der Waals surface area contributed by atoms with Crippen LogP contribution in [0.4, 0.5) is 0 Å². The second-order valence-corrected chi connectivity index (χ2v) is 5.71. The van der Waals surface area contributed by atoms with E-state index in [1.165, 1.54) is 5.56 Å². The molecule has 1 N–H and O–H groups in total. The van der Waals surface area contributed by atoms with Crippen LogP contribution in [0.2, 0.25) is 0 Å². The molecule has 19 heavy (non-hydrogen) atoms. The summed E-state index contributed by atoms with van der Waals surface area (Å²) in [6.07, 6.45) is 0. The van der Waals surface area contributed by atoms with Crippen molar-refractivity contribution in [2.24, 2.45) is 7.05 Å². The van der Waals surface area contributed by atoms with Crippen LogP contribution < -0.4 is 0 Å².